The van der Waals surface area contributed by atoms with Crippen molar-refractivity contribution in [3.05, 3.63) is 55.9 Å². The van der Waals surface area contributed by atoms with E-state index < -0.39 is 5.56 Å². The summed E-state index contributed by atoms with van der Waals surface area (Å²) in [5.74, 6) is 0. The van der Waals surface area contributed by atoms with Gasteiger partial charge in [0.25, 0.3) is 5.56 Å². The first-order valence-electron chi connectivity index (χ1n) is 4.30. The van der Waals surface area contributed by atoms with E-state index in [-0.39, 0.29) is 15.2 Å². The normalized spacial score (nSPS) is 10.4. The molecule has 0 saturated carbocycles. The van der Waals surface area contributed by atoms with E-state index in [1.54, 1.807) is 24.3 Å². The Labute approximate surface area is 106 Å². The smallest absolute Gasteiger partial charge is 0.266 e. The molecular formula is C10H5Cl3N2O. The molecule has 0 saturated heterocycles. The van der Waals surface area contributed by atoms with Gasteiger partial charge in [-0.1, -0.05) is 53.0 Å². The summed E-state index contributed by atoms with van der Waals surface area (Å²) in [6.07, 6.45) is 0. The third-order valence-corrected chi connectivity index (χ3v) is 3.12. The second-order valence-electron chi connectivity index (χ2n) is 2.97. The van der Waals surface area contributed by atoms with E-state index in [0.29, 0.717) is 5.69 Å². The fourth-order valence-electron chi connectivity index (χ4n) is 1.20. The predicted molar refractivity (Wildman–Crippen MR) is 64.9 cm³/mol. The van der Waals surface area contributed by atoms with Crippen molar-refractivity contribution in [1.82, 2.24) is 9.78 Å². The van der Waals surface area contributed by atoms with Crippen LogP contribution in [-0.2, 0) is 0 Å². The van der Waals surface area contributed by atoms with Crippen LogP contribution in [-0.4, -0.2) is 9.78 Å². The molecule has 0 aliphatic heterocycles. The molecular weight excluding hydrogens is 270 g/mol. The molecule has 0 aliphatic carbocycles. The molecule has 82 valence electrons. The number of para-hydroxylation sites is 1. The summed E-state index contributed by atoms with van der Waals surface area (Å²) in [6, 6.07) is 8.82. The molecule has 0 atom stereocenters. The van der Waals surface area contributed by atoms with Gasteiger partial charge in [-0.05, 0) is 12.1 Å². The average Bonchev–Trinajstić information content (AvgIpc) is 2.32. The average molecular weight is 276 g/mol. The van der Waals surface area contributed by atoms with Crippen LogP contribution in [0.4, 0.5) is 0 Å². The van der Waals surface area contributed by atoms with Gasteiger partial charge in [-0.3, -0.25) is 4.79 Å². The third kappa shape index (κ3) is 1.94. The Kier molecular flexibility index (Phi) is 3.19. The molecule has 1 aromatic carbocycles. The Balaban J connectivity index is 2.73. The molecule has 2 rings (SSSR count). The van der Waals surface area contributed by atoms with Crippen molar-refractivity contribution >= 4 is 34.8 Å². The molecule has 0 spiro atoms. The first-order valence-corrected chi connectivity index (χ1v) is 5.44. The van der Waals surface area contributed by atoms with Gasteiger partial charge in [0.15, 0.2) is 5.15 Å². The summed E-state index contributed by atoms with van der Waals surface area (Å²) in [7, 11) is 0. The highest BCUT2D eigenvalue weighted by atomic mass is 35.5. The lowest BCUT2D eigenvalue weighted by atomic mass is 10.3. The Morgan fingerprint density at radius 2 is 1.62 bits per heavy atom. The van der Waals surface area contributed by atoms with Crippen molar-refractivity contribution in [3.63, 3.8) is 0 Å². The van der Waals surface area contributed by atoms with E-state index in [1.807, 2.05) is 6.07 Å². The lowest BCUT2D eigenvalue weighted by Crippen LogP contribution is -2.22. The zero-order chi connectivity index (χ0) is 11.7. The van der Waals surface area contributed by atoms with Crippen LogP contribution < -0.4 is 5.56 Å². The van der Waals surface area contributed by atoms with Crippen molar-refractivity contribution in [3.8, 4) is 5.69 Å². The maximum Gasteiger partial charge on any atom is 0.291 e. The largest absolute Gasteiger partial charge is 0.291 e. The highest BCUT2D eigenvalue weighted by molar-refractivity contribution is 6.47. The summed E-state index contributed by atoms with van der Waals surface area (Å²) >= 11 is 17.2. The highest BCUT2D eigenvalue weighted by Crippen LogP contribution is 2.24. The zero-order valence-electron chi connectivity index (χ0n) is 7.82. The minimum atomic E-state index is -0.498. The fraction of sp³-hybridized carbons (Fsp3) is 0. The molecule has 0 amide bonds. The van der Waals surface area contributed by atoms with Crippen molar-refractivity contribution in [2.45, 2.75) is 0 Å². The van der Waals surface area contributed by atoms with E-state index in [9.17, 15) is 4.79 Å². The van der Waals surface area contributed by atoms with Gasteiger partial charge in [-0.25, -0.2) is 0 Å². The van der Waals surface area contributed by atoms with Gasteiger partial charge < -0.3 is 0 Å². The fourth-order valence-corrected chi connectivity index (χ4v) is 1.71. The summed E-state index contributed by atoms with van der Waals surface area (Å²) < 4.78 is 1.11. The number of halogens is 3. The monoisotopic (exact) mass is 274 g/mol. The minimum Gasteiger partial charge on any atom is -0.266 e. The number of benzene rings is 1. The van der Waals surface area contributed by atoms with Crippen molar-refractivity contribution in [1.29, 1.82) is 0 Å². The van der Waals surface area contributed by atoms with Crippen molar-refractivity contribution < 1.29 is 0 Å². The highest BCUT2D eigenvalue weighted by Gasteiger charge is 2.13. The summed E-state index contributed by atoms with van der Waals surface area (Å²) in [5, 5.41) is 3.69. The van der Waals surface area contributed by atoms with Gasteiger partial charge in [-0.15, -0.1) is 0 Å². The van der Waals surface area contributed by atoms with E-state index in [2.05, 4.69) is 5.10 Å². The third-order valence-electron chi connectivity index (χ3n) is 1.94. The minimum absolute atomic E-state index is 0.00452. The van der Waals surface area contributed by atoms with Crippen LogP contribution in [0.3, 0.4) is 0 Å². The van der Waals surface area contributed by atoms with Gasteiger partial charge in [-0.2, -0.15) is 9.78 Å². The first kappa shape index (κ1) is 11.5. The molecule has 3 nitrogen and oxygen atoms in total. The van der Waals surface area contributed by atoms with Crippen LogP contribution >= 0.6 is 34.8 Å². The lowest BCUT2D eigenvalue weighted by molar-refractivity contribution is 0.808. The van der Waals surface area contributed by atoms with Gasteiger partial charge in [0.2, 0.25) is 0 Å². The number of nitrogens with zero attached hydrogens (tertiary/aromatic N) is 2. The molecule has 0 fully saturated rings. The van der Waals surface area contributed by atoms with E-state index in [4.69, 9.17) is 34.8 Å². The maximum absolute atomic E-state index is 11.8. The number of hydrogen-bond acceptors (Lipinski definition) is 2. The Morgan fingerprint density at radius 1 is 1.00 bits per heavy atom. The predicted octanol–water partition coefficient (Wildman–Crippen LogP) is 3.19. The van der Waals surface area contributed by atoms with Gasteiger partial charge in [0.05, 0.1) is 5.69 Å². The van der Waals surface area contributed by atoms with Crippen LogP contribution in [0.1, 0.15) is 0 Å². The summed E-state index contributed by atoms with van der Waals surface area (Å²) in [5.41, 5.74) is 0.0789. The maximum atomic E-state index is 11.8. The lowest BCUT2D eigenvalue weighted by Gasteiger charge is -2.06. The van der Waals surface area contributed by atoms with Gasteiger partial charge >= 0.3 is 0 Å². The zero-order valence-corrected chi connectivity index (χ0v) is 10.1. The molecule has 0 bridgehead atoms. The Hall–Kier alpha value is -1.03. The van der Waals surface area contributed by atoms with Crippen LogP contribution in [0.2, 0.25) is 15.2 Å². The second-order valence-corrected chi connectivity index (χ2v) is 4.09. The first-order chi connectivity index (χ1) is 7.61. The molecule has 2 aromatic rings. The van der Waals surface area contributed by atoms with E-state index in [0.717, 1.165) is 4.68 Å². The molecule has 6 heteroatoms. The number of rotatable bonds is 1. The summed E-state index contributed by atoms with van der Waals surface area (Å²) in [4.78, 5) is 11.8. The van der Waals surface area contributed by atoms with Crippen LogP contribution in [0.15, 0.2) is 35.1 Å². The SMILES string of the molecule is O=c1c(Cl)c(Cl)c(Cl)nn1-c1ccccc1. The summed E-state index contributed by atoms with van der Waals surface area (Å²) in [6.45, 7) is 0. The van der Waals surface area contributed by atoms with Crippen LogP contribution in [0.25, 0.3) is 5.69 Å². The van der Waals surface area contributed by atoms with Crippen molar-refractivity contribution in [2.75, 3.05) is 0 Å². The molecule has 1 aromatic heterocycles. The topological polar surface area (TPSA) is 34.9 Å². The molecule has 0 unspecified atom stereocenters. The van der Waals surface area contributed by atoms with Crippen LogP contribution in [0.5, 0.6) is 0 Å². The van der Waals surface area contributed by atoms with Crippen LogP contribution in [0, 0.1) is 0 Å². The number of aromatic nitrogens is 2. The number of hydrogen-bond donors (Lipinski definition) is 0. The van der Waals surface area contributed by atoms with E-state index >= 15 is 0 Å². The molecule has 0 aliphatic rings. The Bertz CT molecular complexity index is 581. The Morgan fingerprint density at radius 3 is 2.25 bits per heavy atom. The molecule has 0 radical (unpaired) electrons. The standard InChI is InChI=1S/C10H5Cl3N2O/c11-7-8(12)10(16)15(14-9(7)13)6-4-2-1-3-5-6/h1-5H. The van der Waals surface area contributed by atoms with Gasteiger partial charge in [0.1, 0.15) is 10.0 Å². The van der Waals surface area contributed by atoms with E-state index in [1.165, 1.54) is 0 Å². The molecule has 1 heterocycles. The molecule has 16 heavy (non-hydrogen) atoms. The quantitative estimate of drug-likeness (QED) is 0.801. The van der Waals surface area contributed by atoms with Crippen molar-refractivity contribution in [2.24, 2.45) is 0 Å². The molecule has 0 N–H and O–H groups in total. The second kappa shape index (κ2) is 4.45. The van der Waals surface area contributed by atoms with Gasteiger partial charge in [0, 0.05) is 0 Å².